The van der Waals surface area contributed by atoms with Crippen LogP contribution in [0.15, 0.2) is 86.2 Å². The van der Waals surface area contributed by atoms with E-state index in [0.29, 0.717) is 39.3 Å². The fraction of sp³-hybridized carbons (Fsp3) is 0.593. The third kappa shape index (κ3) is 17.4. The van der Waals surface area contributed by atoms with Gasteiger partial charge in [0.15, 0.2) is 36.6 Å². The van der Waals surface area contributed by atoms with Crippen LogP contribution in [0, 0.1) is 16.2 Å². The first-order valence-corrected chi connectivity index (χ1v) is 31.1. The second-order valence-electron chi connectivity index (χ2n) is 23.5. The van der Waals surface area contributed by atoms with Crippen molar-refractivity contribution in [2.24, 2.45) is 16.2 Å². The summed E-state index contributed by atoms with van der Waals surface area (Å²) < 4.78 is 2.77. The first-order valence-electron chi connectivity index (χ1n) is 28.7. The maximum atomic E-state index is 12.6. The highest BCUT2D eigenvalue weighted by atomic mass is 79.9. The molecule has 6 aliphatic heterocycles. The number of nitrogens with one attached hydrogen (secondary N) is 6. The molecule has 3 aromatic rings. The van der Waals surface area contributed by atoms with E-state index < -0.39 is 72.1 Å². The summed E-state index contributed by atoms with van der Waals surface area (Å²) in [4.78, 5) is 79.3. The summed E-state index contributed by atoms with van der Waals surface area (Å²) in [6, 6.07) is 21.2. The van der Waals surface area contributed by atoms with Gasteiger partial charge in [-0.15, -0.1) is 0 Å². The number of rotatable bonds is 15. The quantitative estimate of drug-likeness (QED) is 0.104. The molecule has 0 aliphatic carbocycles. The molecule has 9 atom stereocenters. The molecule has 0 radical (unpaired) electrons. The normalized spacial score (nSPS) is 21.9. The number of aliphatic hydroxyl groups excluding tert-OH is 6. The Labute approximate surface area is 510 Å². The molecular weight excluding hydrogens is 1270 g/mol. The molecule has 0 aromatic heterocycles. The van der Waals surface area contributed by atoms with Crippen molar-refractivity contribution in [3.8, 4) is 0 Å². The molecule has 24 heteroatoms. The molecule has 83 heavy (non-hydrogen) atoms. The van der Waals surface area contributed by atoms with Gasteiger partial charge in [0.05, 0.1) is 18.1 Å². The number of hydrogen-bond donors (Lipinski definition) is 12. The number of piperidine rings is 3. The van der Waals surface area contributed by atoms with Crippen LogP contribution in [0.3, 0.4) is 0 Å². The molecule has 6 heterocycles. The summed E-state index contributed by atoms with van der Waals surface area (Å²) in [6.45, 7) is 14.4. The summed E-state index contributed by atoms with van der Waals surface area (Å²) in [7, 11) is 0. The van der Waals surface area contributed by atoms with Crippen LogP contribution in [0.5, 0.6) is 0 Å². The maximum Gasteiger partial charge on any atom is 0.254 e. The molecule has 6 amide bonds. The van der Waals surface area contributed by atoms with Crippen molar-refractivity contribution in [1.29, 1.82) is 0 Å². The Hall–Kier alpha value is -4.44. The van der Waals surface area contributed by atoms with Gasteiger partial charge in [0.1, 0.15) is 0 Å². The monoisotopic (exact) mass is 1350 g/mol. The fourth-order valence-electron chi connectivity index (χ4n) is 11.7. The van der Waals surface area contributed by atoms with Crippen LogP contribution in [0.2, 0.25) is 0 Å². The standard InChI is InChI=1S/2C20H28BrN3O4.C19H26BrN3O4/c1-13(14-2-4-15(21)5-3-14)23-18(27)16(25)17(26)19(28)24-10-7-20(8-11-24)6-9-22-12-20;1-13(14-2-4-15(21)5-3-14)23-18(27)16(25)17(26)19(28)24-11-8-20(12-24)6-9-22-10-7-20;1-12(13-2-4-14(20)5-3-13)22-17(26)15(24)16(25)18(27)23-8-6-19(7-9-23)10-21-11-19/h2*2-5,13,16-17,22,25-26H,6-12H2,1H3,(H,23,27);2-5,12,15-16,21,24-25H,6-11H2,1H3,(H,22,26)/t2*13-,16+,17+;12-,15+,16+/m000/s1. The number of likely N-dealkylation sites (tertiary alicyclic amines) is 3. The van der Waals surface area contributed by atoms with Crippen LogP contribution in [0.1, 0.15) is 107 Å². The van der Waals surface area contributed by atoms with Gasteiger partial charge >= 0.3 is 0 Å². The summed E-state index contributed by atoms with van der Waals surface area (Å²) in [5, 5.41) is 79.3. The minimum atomic E-state index is -1.80. The Morgan fingerprint density at radius 2 is 0.687 bits per heavy atom. The van der Waals surface area contributed by atoms with E-state index in [1.807, 2.05) is 72.8 Å². The Balaban J connectivity index is 0.000000179. The lowest BCUT2D eigenvalue weighted by molar-refractivity contribution is -0.155. The minimum Gasteiger partial charge on any atom is -0.380 e. The molecule has 0 saturated carbocycles. The van der Waals surface area contributed by atoms with E-state index in [0.717, 1.165) is 121 Å². The molecule has 456 valence electrons. The number of benzene rings is 3. The predicted octanol–water partition coefficient (Wildman–Crippen LogP) is 2.46. The van der Waals surface area contributed by atoms with E-state index in [1.54, 1.807) is 35.5 Å². The molecule has 0 unspecified atom stereocenters. The van der Waals surface area contributed by atoms with Crippen LogP contribution in [-0.2, 0) is 28.8 Å². The number of aliphatic hydroxyl groups is 6. The van der Waals surface area contributed by atoms with E-state index in [2.05, 4.69) is 79.7 Å². The molecule has 6 aliphatic rings. The lowest BCUT2D eigenvalue weighted by Crippen LogP contribution is -2.60. The molecule has 3 spiro atoms. The second-order valence-corrected chi connectivity index (χ2v) is 26.2. The summed E-state index contributed by atoms with van der Waals surface area (Å²) in [5.41, 5.74) is 3.20. The van der Waals surface area contributed by atoms with Crippen LogP contribution < -0.4 is 31.9 Å². The largest absolute Gasteiger partial charge is 0.380 e. The predicted molar refractivity (Wildman–Crippen MR) is 321 cm³/mol. The summed E-state index contributed by atoms with van der Waals surface area (Å²) in [5.74, 6) is -4.02. The van der Waals surface area contributed by atoms with Gasteiger partial charge in [-0.3, -0.25) is 28.8 Å². The van der Waals surface area contributed by atoms with Gasteiger partial charge in [-0.05, 0) is 161 Å². The number of hydrogen-bond acceptors (Lipinski definition) is 15. The third-order valence-corrected chi connectivity index (χ3v) is 19.3. The lowest BCUT2D eigenvalue weighted by Gasteiger charge is -2.48. The van der Waals surface area contributed by atoms with E-state index in [9.17, 15) is 59.4 Å². The second kappa shape index (κ2) is 29.8. The smallest absolute Gasteiger partial charge is 0.254 e. The van der Waals surface area contributed by atoms with Gasteiger partial charge < -0.3 is 77.2 Å². The number of nitrogens with zero attached hydrogens (tertiary/aromatic N) is 3. The molecule has 3 aromatic carbocycles. The third-order valence-electron chi connectivity index (χ3n) is 17.7. The Morgan fingerprint density at radius 3 is 1.01 bits per heavy atom. The van der Waals surface area contributed by atoms with Crippen LogP contribution in [0.25, 0.3) is 0 Å². The molecular formula is C59H82Br3N9O12. The first kappa shape index (κ1) is 66.1. The van der Waals surface area contributed by atoms with Crippen molar-refractivity contribution in [1.82, 2.24) is 46.6 Å². The summed E-state index contributed by atoms with van der Waals surface area (Å²) in [6.07, 6.45) is -3.14. The van der Waals surface area contributed by atoms with Crippen molar-refractivity contribution >= 4 is 83.2 Å². The highest BCUT2D eigenvalue weighted by Gasteiger charge is 2.46. The van der Waals surface area contributed by atoms with Gasteiger partial charge in [-0.1, -0.05) is 84.2 Å². The average molecular weight is 1350 g/mol. The average Bonchev–Trinajstić information content (AvgIpc) is 4.16. The number of halogens is 3. The number of carbonyl (C=O) groups is 6. The number of amides is 6. The van der Waals surface area contributed by atoms with Crippen molar-refractivity contribution in [3.63, 3.8) is 0 Å². The van der Waals surface area contributed by atoms with E-state index in [-0.39, 0.29) is 34.4 Å². The Bertz CT molecular complexity index is 2660. The molecule has 12 N–H and O–H groups in total. The zero-order chi connectivity index (χ0) is 60.2. The van der Waals surface area contributed by atoms with E-state index in [4.69, 9.17) is 0 Å². The van der Waals surface area contributed by atoms with Gasteiger partial charge in [0.25, 0.3) is 35.4 Å². The molecule has 6 saturated heterocycles. The zero-order valence-electron chi connectivity index (χ0n) is 47.4. The highest BCUT2D eigenvalue weighted by molar-refractivity contribution is 9.11. The minimum absolute atomic E-state index is 0.101. The Morgan fingerprint density at radius 1 is 0.398 bits per heavy atom. The lowest BCUT2D eigenvalue weighted by atomic mass is 9.73. The summed E-state index contributed by atoms with van der Waals surface area (Å²) >= 11 is 10.1. The van der Waals surface area contributed by atoms with Crippen LogP contribution in [0.4, 0.5) is 0 Å². The van der Waals surface area contributed by atoms with Gasteiger partial charge in [0.2, 0.25) is 0 Å². The van der Waals surface area contributed by atoms with Gasteiger partial charge in [-0.25, -0.2) is 0 Å². The highest BCUT2D eigenvalue weighted by Crippen LogP contribution is 2.40. The van der Waals surface area contributed by atoms with Crippen LogP contribution >= 0.6 is 47.8 Å². The Kier molecular flexibility index (Phi) is 23.7. The molecule has 0 bridgehead atoms. The van der Waals surface area contributed by atoms with E-state index in [1.165, 1.54) is 0 Å². The molecule has 6 fully saturated rings. The molecule has 21 nitrogen and oxygen atoms in total. The van der Waals surface area contributed by atoms with Crippen LogP contribution in [-0.4, -0.2) is 196 Å². The zero-order valence-corrected chi connectivity index (χ0v) is 52.1. The molecule has 9 rings (SSSR count). The maximum absolute atomic E-state index is 12.6. The topological polar surface area (TPSA) is 306 Å². The first-order chi connectivity index (χ1) is 39.4. The van der Waals surface area contributed by atoms with E-state index >= 15 is 0 Å². The van der Waals surface area contributed by atoms with Crippen molar-refractivity contribution in [2.45, 2.75) is 127 Å². The van der Waals surface area contributed by atoms with Crippen molar-refractivity contribution in [2.75, 3.05) is 78.5 Å². The van der Waals surface area contributed by atoms with Gasteiger partial charge in [0, 0.05) is 72.3 Å². The van der Waals surface area contributed by atoms with Gasteiger partial charge in [-0.2, -0.15) is 0 Å². The van der Waals surface area contributed by atoms with Crippen molar-refractivity contribution < 1.29 is 59.4 Å². The fourth-order valence-corrected chi connectivity index (χ4v) is 12.5. The SMILES string of the molecule is C[C@H](NC(=O)[C@H](O)[C@@H](O)C(=O)N1CCC2(CC1)CNC2)c1ccc(Br)cc1.C[C@H](NC(=O)[C@H](O)[C@@H](O)C(=O)N1CCC2(CCNC2)CC1)c1ccc(Br)cc1.C[C@H](NC(=O)[C@H](O)[C@@H](O)C(=O)N1CCC2(CCNCC2)C1)c1ccc(Br)cc1. The van der Waals surface area contributed by atoms with Crippen molar-refractivity contribution in [3.05, 3.63) is 103 Å². The number of carbonyl (C=O) groups excluding carboxylic acids is 6.